The molecule has 18 heavy (non-hydrogen) atoms. The van der Waals surface area contributed by atoms with Crippen LogP contribution in [0.1, 0.15) is 24.2 Å². The van der Waals surface area contributed by atoms with Gasteiger partial charge >= 0.3 is 5.97 Å². The molecular formula is C12H16N2O4. The fraction of sp³-hybridized carbons (Fsp3) is 0.333. The molecular weight excluding hydrogens is 236 g/mol. The van der Waals surface area contributed by atoms with Crippen LogP contribution in [0, 0.1) is 0 Å². The minimum absolute atomic E-state index is 0.213. The first kappa shape index (κ1) is 13.8. The molecule has 0 saturated heterocycles. The second kappa shape index (κ2) is 4.95. The highest BCUT2D eigenvalue weighted by Gasteiger charge is 2.29. The van der Waals surface area contributed by atoms with E-state index in [1.807, 2.05) is 0 Å². The van der Waals surface area contributed by atoms with Gasteiger partial charge in [0.25, 0.3) is 5.91 Å². The Balaban J connectivity index is 2.95. The molecule has 0 aliphatic carbocycles. The highest BCUT2D eigenvalue weighted by molar-refractivity contribution is 6.01. The summed E-state index contributed by atoms with van der Waals surface area (Å²) in [4.78, 5) is 22.8. The molecule has 0 bridgehead atoms. The number of rotatable bonds is 4. The molecule has 6 nitrogen and oxygen atoms in total. The fourth-order valence-corrected chi connectivity index (χ4v) is 1.28. The van der Waals surface area contributed by atoms with Gasteiger partial charge in [-0.2, -0.15) is 0 Å². The van der Waals surface area contributed by atoms with Gasteiger partial charge in [-0.1, -0.05) is 0 Å². The molecule has 98 valence electrons. The van der Waals surface area contributed by atoms with Gasteiger partial charge in [-0.3, -0.25) is 4.79 Å². The Morgan fingerprint density at radius 2 is 2.00 bits per heavy atom. The van der Waals surface area contributed by atoms with Crippen LogP contribution in [-0.4, -0.2) is 29.6 Å². The van der Waals surface area contributed by atoms with Crippen molar-refractivity contribution in [3.63, 3.8) is 0 Å². The number of carbonyl (C=O) groups excluding carboxylic acids is 1. The van der Waals surface area contributed by atoms with Crippen LogP contribution in [0.5, 0.6) is 5.75 Å². The van der Waals surface area contributed by atoms with Crippen molar-refractivity contribution in [2.45, 2.75) is 19.4 Å². The molecule has 0 aromatic heterocycles. The molecule has 1 aromatic rings. The Hall–Kier alpha value is -2.24. The summed E-state index contributed by atoms with van der Waals surface area (Å²) in [5.74, 6) is -1.13. The first-order valence-corrected chi connectivity index (χ1v) is 5.27. The number of ether oxygens (including phenoxy) is 1. The highest BCUT2D eigenvalue weighted by atomic mass is 16.5. The van der Waals surface area contributed by atoms with E-state index in [1.165, 1.54) is 33.1 Å². The standard InChI is InChI=1S/C12H16N2O4/c1-12(2,11(16)17)14-10(15)8-5-4-7(18-3)6-9(8)13/h4-6H,13H2,1-3H3,(H,14,15)(H,16,17). The van der Waals surface area contributed by atoms with Crippen LogP contribution in [0.2, 0.25) is 0 Å². The van der Waals surface area contributed by atoms with Gasteiger partial charge in [0.2, 0.25) is 0 Å². The second-order valence-electron chi connectivity index (χ2n) is 4.34. The predicted octanol–water partition coefficient (Wildman–Crippen LogP) is 0.870. The van der Waals surface area contributed by atoms with Gasteiger partial charge in [0.05, 0.1) is 12.7 Å². The number of carboxylic acid groups (broad SMARTS) is 1. The molecule has 4 N–H and O–H groups in total. The van der Waals surface area contributed by atoms with Crippen LogP contribution < -0.4 is 15.8 Å². The summed E-state index contributed by atoms with van der Waals surface area (Å²) in [7, 11) is 1.49. The third-order valence-corrected chi connectivity index (χ3v) is 2.46. The summed E-state index contributed by atoms with van der Waals surface area (Å²) in [6.07, 6.45) is 0. The SMILES string of the molecule is COc1ccc(C(=O)NC(C)(C)C(=O)O)c(N)c1. The number of amides is 1. The maximum absolute atomic E-state index is 11.9. The molecule has 1 aromatic carbocycles. The maximum Gasteiger partial charge on any atom is 0.328 e. The molecule has 0 spiro atoms. The van der Waals surface area contributed by atoms with Gasteiger partial charge in [-0.25, -0.2) is 4.79 Å². The molecule has 0 saturated carbocycles. The van der Waals surface area contributed by atoms with E-state index in [1.54, 1.807) is 6.07 Å². The number of carbonyl (C=O) groups is 2. The molecule has 6 heteroatoms. The number of nitrogens with one attached hydrogen (secondary N) is 1. The van der Waals surface area contributed by atoms with E-state index in [4.69, 9.17) is 15.6 Å². The van der Waals surface area contributed by atoms with Crippen molar-refractivity contribution in [3.05, 3.63) is 23.8 Å². The number of carboxylic acids is 1. The normalized spacial score (nSPS) is 10.8. The average Bonchev–Trinajstić information content (AvgIpc) is 2.27. The maximum atomic E-state index is 11.9. The molecule has 0 heterocycles. The molecule has 0 unspecified atom stereocenters. The molecule has 0 fully saturated rings. The Labute approximate surface area is 105 Å². The van der Waals surface area contributed by atoms with E-state index < -0.39 is 17.4 Å². The number of aliphatic carboxylic acids is 1. The number of nitrogens with two attached hydrogens (primary N) is 1. The molecule has 0 radical (unpaired) electrons. The lowest BCUT2D eigenvalue weighted by Gasteiger charge is -2.21. The monoisotopic (exact) mass is 252 g/mol. The summed E-state index contributed by atoms with van der Waals surface area (Å²) in [5, 5.41) is 11.3. The summed E-state index contributed by atoms with van der Waals surface area (Å²) in [6, 6.07) is 4.57. The number of benzene rings is 1. The zero-order valence-corrected chi connectivity index (χ0v) is 10.5. The van der Waals surface area contributed by atoms with Crippen molar-refractivity contribution in [3.8, 4) is 5.75 Å². The van der Waals surface area contributed by atoms with Crippen molar-refractivity contribution in [2.24, 2.45) is 0 Å². The Bertz CT molecular complexity index is 483. The van der Waals surface area contributed by atoms with Crippen molar-refractivity contribution < 1.29 is 19.4 Å². The first-order chi connectivity index (χ1) is 8.27. The van der Waals surface area contributed by atoms with Crippen LogP contribution in [0.3, 0.4) is 0 Å². The van der Waals surface area contributed by atoms with Gasteiger partial charge in [0.15, 0.2) is 0 Å². The van der Waals surface area contributed by atoms with E-state index in [-0.39, 0.29) is 11.3 Å². The van der Waals surface area contributed by atoms with Crippen LogP contribution in [0.4, 0.5) is 5.69 Å². The quantitative estimate of drug-likeness (QED) is 0.690. The number of hydrogen-bond acceptors (Lipinski definition) is 4. The Kier molecular flexibility index (Phi) is 3.80. The van der Waals surface area contributed by atoms with E-state index in [2.05, 4.69) is 5.32 Å². The first-order valence-electron chi connectivity index (χ1n) is 5.27. The summed E-state index contributed by atoms with van der Waals surface area (Å²) < 4.78 is 4.96. The van der Waals surface area contributed by atoms with Crippen molar-refractivity contribution in [2.75, 3.05) is 12.8 Å². The molecule has 0 aliphatic heterocycles. The number of nitrogen functional groups attached to an aromatic ring is 1. The third kappa shape index (κ3) is 2.91. The molecule has 0 atom stereocenters. The minimum atomic E-state index is -1.36. The summed E-state index contributed by atoms with van der Waals surface area (Å²) in [6.45, 7) is 2.79. The topological polar surface area (TPSA) is 102 Å². The number of methoxy groups -OCH3 is 1. The van der Waals surface area contributed by atoms with E-state index in [0.29, 0.717) is 5.75 Å². The highest BCUT2D eigenvalue weighted by Crippen LogP contribution is 2.20. The third-order valence-electron chi connectivity index (χ3n) is 2.46. The summed E-state index contributed by atoms with van der Waals surface area (Å²) in [5.41, 5.74) is 4.79. The lowest BCUT2D eigenvalue weighted by atomic mass is 10.0. The van der Waals surface area contributed by atoms with Crippen molar-refractivity contribution in [1.29, 1.82) is 0 Å². The molecule has 1 rings (SSSR count). The Morgan fingerprint density at radius 3 is 2.44 bits per heavy atom. The minimum Gasteiger partial charge on any atom is -0.497 e. The largest absolute Gasteiger partial charge is 0.497 e. The van der Waals surface area contributed by atoms with Crippen LogP contribution >= 0.6 is 0 Å². The molecule has 1 amide bonds. The van der Waals surface area contributed by atoms with Gasteiger partial charge in [-0.05, 0) is 26.0 Å². The van der Waals surface area contributed by atoms with E-state index in [9.17, 15) is 9.59 Å². The predicted molar refractivity (Wildman–Crippen MR) is 66.6 cm³/mol. The molecule has 0 aliphatic rings. The summed E-state index contributed by atoms with van der Waals surface area (Å²) >= 11 is 0. The fourth-order valence-electron chi connectivity index (χ4n) is 1.28. The lowest BCUT2D eigenvalue weighted by molar-refractivity contribution is -0.143. The zero-order valence-electron chi connectivity index (χ0n) is 10.5. The van der Waals surface area contributed by atoms with E-state index >= 15 is 0 Å². The zero-order chi connectivity index (χ0) is 13.9. The van der Waals surface area contributed by atoms with E-state index in [0.717, 1.165) is 0 Å². The van der Waals surface area contributed by atoms with Crippen LogP contribution in [0.25, 0.3) is 0 Å². The van der Waals surface area contributed by atoms with Crippen molar-refractivity contribution in [1.82, 2.24) is 5.32 Å². The average molecular weight is 252 g/mol. The second-order valence-corrected chi connectivity index (χ2v) is 4.34. The van der Waals surface area contributed by atoms with Gasteiger partial charge in [0, 0.05) is 11.8 Å². The van der Waals surface area contributed by atoms with Crippen LogP contribution in [-0.2, 0) is 4.79 Å². The Morgan fingerprint density at radius 1 is 1.39 bits per heavy atom. The smallest absolute Gasteiger partial charge is 0.328 e. The van der Waals surface area contributed by atoms with Crippen LogP contribution in [0.15, 0.2) is 18.2 Å². The van der Waals surface area contributed by atoms with Gasteiger partial charge < -0.3 is 20.9 Å². The number of hydrogen-bond donors (Lipinski definition) is 3. The van der Waals surface area contributed by atoms with Gasteiger partial charge in [0.1, 0.15) is 11.3 Å². The van der Waals surface area contributed by atoms with Gasteiger partial charge in [-0.15, -0.1) is 0 Å². The number of anilines is 1. The lowest BCUT2D eigenvalue weighted by Crippen LogP contribution is -2.49. The van der Waals surface area contributed by atoms with Crippen molar-refractivity contribution >= 4 is 17.6 Å².